The third kappa shape index (κ3) is 5.50. The molecule has 0 spiro atoms. The SMILES string of the molecule is CCOc1ccccc1NC(=O)Nc1ccc2cc1CCc1cccc(c1)Nc1ncc(Cl)c(n1)N2. The number of nitrogens with zero attached hydrogens (tertiary/aromatic N) is 2. The highest BCUT2D eigenvalue weighted by atomic mass is 35.5. The maximum absolute atomic E-state index is 12.9. The zero-order valence-electron chi connectivity index (χ0n) is 19.6. The number of halogens is 1. The molecule has 1 aliphatic rings. The van der Waals surface area contributed by atoms with Gasteiger partial charge < -0.3 is 26.0 Å². The standard InChI is InChI=1S/C27H25ClN6O2/c1-2-36-24-9-4-3-8-23(24)33-27(35)32-22-13-12-20-15-18(22)11-10-17-6-5-7-19(14-17)31-26-29-16-21(28)25(30-20)34-26/h3-9,12-16H,2,10-11H2,1H3,(H2,32,33,35)(H2,29,30,31,34). The third-order valence-corrected chi connectivity index (χ3v) is 5.94. The Bertz CT molecular complexity index is 1410. The zero-order valence-corrected chi connectivity index (χ0v) is 20.4. The first kappa shape index (κ1) is 23.4. The number of ether oxygens (including phenoxy) is 1. The summed E-state index contributed by atoms with van der Waals surface area (Å²) in [5.41, 5.74) is 5.12. The lowest BCUT2D eigenvalue weighted by atomic mass is 10.0. The summed E-state index contributed by atoms with van der Waals surface area (Å²) in [5, 5.41) is 12.8. The van der Waals surface area contributed by atoms with Crippen molar-refractivity contribution in [2.45, 2.75) is 19.8 Å². The molecule has 3 aromatic carbocycles. The van der Waals surface area contributed by atoms with Crippen LogP contribution in [0.25, 0.3) is 0 Å². The topological polar surface area (TPSA) is 100 Å². The summed E-state index contributed by atoms with van der Waals surface area (Å²) in [5.74, 6) is 1.55. The van der Waals surface area contributed by atoms with Crippen molar-refractivity contribution in [3.8, 4) is 5.75 Å². The molecule has 182 valence electrons. The third-order valence-electron chi connectivity index (χ3n) is 5.66. The van der Waals surface area contributed by atoms with Crippen molar-refractivity contribution in [3.05, 3.63) is 89.1 Å². The molecule has 9 heteroatoms. The van der Waals surface area contributed by atoms with Crippen molar-refractivity contribution in [1.82, 2.24) is 9.97 Å². The monoisotopic (exact) mass is 500 g/mol. The maximum Gasteiger partial charge on any atom is 0.323 e. The van der Waals surface area contributed by atoms with Crippen LogP contribution in [0.2, 0.25) is 5.02 Å². The van der Waals surface area contributed by atoms with Gasteiger partial charge in [0.1, 0.15) is 10.8 Å². The predicted molar refractivity (Wildman–Crippen MR) is 144 cm³/mol. The van der Waals surface area contributed by atoms with Gasteiger partial charge in [-0.3, -0.25) is 0 Å². The van der Waals surface area contributed by atoms with Gasteiger partial charge >= 0.3 is 6.03 Å². The molecule has 0 atom stereocenters. The van der Waals surface area contributed by atoms with Crippen LogP contribution in [-0.4, -0.2) is 22.6 Å². The van der Waals surface area contributed by atoms with Crippen molar-refractivity contribution in [3.63, 3.8) is 0 Å². The molecule has 6 bridgehead atoms. The maximum atomic E-state index is 12.9. The summed E-state index contributed by atoms with van der Waals surface area (Å²) in [7, 11) is 0. The van der Waals surface area contributed by atoms with Crippen LogP contribution >= 0.6 is 11.6 Å². The van der Waals surface area contributed by atoms with Gasteiger partial charge in [-0.1, -0.05) is 35.9 Å². The van der Waals surface area contributed by atoms with Gasteiger partial charge in [0.15, 0.2) is 5.82 Å². The Morgan fingerprint density at radius 3 is 2.69 bits per heavy atom. The number of amides is 2. The highest BCUT2D eigenvalue weighted by molar-refractivity contribution is 6.32. The van der Waals surface area contributed by atoms with Crippen molar-refractivity contribution >= 4 is 52.1 Å². The van der Waals surface area contributed by atoms with Crippen LogP contribution in [0.4, 0.5) is 39.3 Å². The second-order valence-electron chi connectivity index (χ2n) is 8.22. The van der Waals surface area contributed by atoms with Gasteiger partial charge in [0.2, 0.25) is 5.95 Å². The Morgan fingerprint density at radius 1 is 0.972 bits per heavy atom. The molecule has 5 rings (SSSR count). The van der Waals surface area contributed by atoms with E-state index in [1.54, 1.807) is 12.3 Å². The zero-order chi connectivity index (χ0) is 24.9. The summed E-state index contributed by atoms with van der Waals surface area (Å²) < 4.78 is 5.62. The lowest BCUT2D eigenvalue weighted by Gasteiger charge is -2.16. The van der Waals surface area contributed by atoms with Gasteiger partial charge in [-0.05, 0) is 73.4 Å². The van der Waals surface area contributed by atoms with E-state index in [9.17, 15) is 4.79 Å². The number of carbonyl (C=O) groups is 1. The number of benzene rings is 3. The molecule has 4 N–H and O–H groups in total. The van der Waals surface area contributed by atoms with Gasteiger partial charge in [-0.25, -0.2) is 9.78 Å². The fourth-order valence-corrected chi connectivity index (χ4v) is 4.13. The quantitative estimate of drug-likeness (QED) is 0.247. The van der Waals surface area contributed by atoms with E-state index in [0.29, 0.717) is 46.9 Å². The van der Waals surface area contributed by atoms with E-state index in [-0.39, 0.29) is 6.03 Å². The predicted octanol–water partition coefficient (Wildman–Crippen LogP) is 6.76. The first-order chi connectivity index (χ1) is 17.6. The van der Waals surface area contributed by atoms with Crippen LogP contribution in [0.15, 0.2) is 72.9 Å². The number of aryl methyl sites for hydroxylation is 2. The van der Waals surface area contributed by atoms with E-state index in [2.05, 4.69) is 43.4 Å². The van der Waals surface area contributed by atoms with E-state index < -0.39 is 0 Å². The van der Waals surface area contributed by atoms with Crippen LogP contribution in [0.5, 0.6) is 5.75 Å². The fraction of sp³-hybridized carbons (Fsp3) is 0.148. The molecule has 0 fully saturated rings. The summed E-state index contributed by atoms with van der Waals surface area (Å²) in [6.07, 6.45) is 3.05. The molecule has 0 saturated carbocycles. The Hall–Kier alpha value is -4.30. The minimum absolute atomic E-state index is 0.350. The molecule has 0 unspecified atom stereocenters. The number of hydrogen-bond donors (Lipinski definition) is 4. The fourth-order valence-electron chi connectivity index (χ4n) is 3.99. The highest BCUT2D eigenvalue weighted by Gasteiger charge is 2.14. The van der Waals surface area contributed by atoms with Crippen molar-refractivity contribution in [2.24, 2.45) is 0 Å². The molecule has 2 amide bonds. The Morgan fingerprint density at radius 2 is 1.81 bits per heavy atom. The van der Waals surface area contributed by atoms with E-state index in [1.807, 2.05) is 55.5 Å². The number of para-hydroxylation sites is 2. The summed E-state index contributed by atoms with van der Waals surface area (Å²) in [6.45, 7) is 2.41. The number of carbonyl (C=O) groups excluding carboxylic acids is 1. The molecular weight excluding hydrogens is 476 g/mol. The molecule has 36 heavy (non-hydrogen) atoms. The number of hydrogen-bond acceptors (Lipinski definition) is 6. The Balaban J connectivity index is 1.44. The van der Waals surface area contributed by atoms with Crippen LogP contribution in [-0.2, 0) is 12.8 Å². The molecule has 4 aromatic rings. The van der Waals surface area contributed by atoms with Crippen LogP contribution < -0.4 is 26.0 Å². The van der Waals surface area contributed by atoms with Crippen LogP contribution in [0.3, 0.4) is 0 Å². The van der Waals surface area contributed by atoms with Crippen molar-refractivity contribution < 1.29 is 9.53 Å². The molecule has 0 radical (unpaired) electrons. The van der Waals surface area contributed by atoms with Crippen molar-refractivity contribution in [2.75, 3.05) is 27.9 Å². The molecule has 1 aromatic heterocycles. The smallest absolute Gasteiger partial charge is 0.323 e. The van der Waals surface area contributed by atoms with E-state index in [1.165, 1.54) is 0 Å². The Labute approximate surface area is 214 Å². The van der Waals surface area contributed by atoms with Gasteiger partial charge in [-0.15, -0.1) is 0 Å². The molecule has 1 aliphatic heterocycles. The number of anilines is 6. The molecule has 2 heterocycles. The van der Waals surface area contributed by atoms with Gasteiger partial charge in [0, 0.05) is 17.1 Å². The lowest BCUT2D eigenvalue weighted by molar-refractivity contribution is 0.262. The number of fused-ring (bicyclic) bond motifs is 6. The first-order valence-corrected chi connectivity index (χ1v) is 12.0. The van der Waals surface area contributed by atoms with E-state index >= 15 is 0 Å². The van der Waals surface area contributed by atoms with E-state index in [0.717, 1.165) is 28.9 Å². The van der Waals surface area contributed by atoms with E-state index in [4.69, 9.17) is 16.3 Å². The minimum atomic E-state index is -0.350. The number of urea groups is 1. The van der Waals surface area contributed by atoms with Crippen LogP contribution in [0, 0.1) is 0 Å². The molecule has 0 aliphatic carbocycles. The van der Waals surface area contributed by atoms with Gasteiger partial charge in [0.25, 0.3) is 0 Å². The van der Waals surface area contributed by atoms with Gasteiger partial charge in [-0.2, -0.15) is 4.98 Å². The number of rotatable bonds is 4. The molecule has 0 saturated heterocycles. The van der Waals surface area contributed by atoms with Gasteiger partial charge in [0.05, 0.1) is 18.5 Å². The molecule has 8 nitrogen and oxygen atoms in total. The van der Waals surface area contributed by atoms with Crippen molar-refractivity contribution in [1.29, 1.82) is 0 Å². The number of nitrogens with one attached hydrogen (secondary N) is 4. The molecular formula is C27H25ClN6O2. The normalized spacial score (nSPS) is 12.1. The summed E-state index contributed by atoms with van der Waals surface area (Å²) in [6, 6.07) is 20.8. The largest absolute Gasteiger partial charge is 0.492 e. The highest BCUT2D eigenvalue weighted by Crippen LogP contribution is 2.30. The van der Waals surface area contributed by atoms with Crippen LogP contribution in [0.1, 0.15) is 18.1 Å². The average molecular weight is 501 g/mol. The Kier molecular flexibility index (Phi) is 6.86. The lowest BCUT2D eigenvalue weighted by Crippen LogP contribution is -2.21. The second kappa shape index (κ2) is 10.5. The second-order valence-corrected chi connectivity index (χ2v) is 8.63. The summed E-state index contributed by atoms with van der Waals surface area (Å²) in [4.78, 5) is 21.7. The number of aromatic nitrogens is 2. The summed E-state index contributed by atoms with van der Waals surface area (Å²) >= 11 is 6.35. The average Bonchev–Trinajstić information content (AvgIpc) is 2.87. The minimum Gasteiger partial charge on any atom is -0.492 e. The first-order valence-electron chi connectivity index (χ1n) is 11.7.